The lowest BCUT2D eigenvalue weighted by atomic mass is 10.2. The van der Waals surface area contributed by atoms with Gasteiger partial charge < -0.3 is 4.52 Å². The molecule has 2 aromatic rings. The molecule has 1 aliphatic heterocycles. The molecule has 2 aromatic heterocycles. The molecule has 3 rings (SSSR count). The number of thiophene rings is 1. The molecule has 0 amide bonds. The maximum Gasteiger partial charge on any atom is 0.244 e. The molecular weight excluding hydrogens is 324 g/mol. The fourth-order valence-electron chi connectivity index (χ4n) is 2.49. The third kappa shape index (κ3) is 3.22. The van der Waals surface area contributed by atoms with E-state index in [0.717, 1.165) is 4.88 Å². The van der Waals surface area contributed by atoms with Gasteiger partial charge in [0.1, 0.15) is 0 Å². The lowest BCUT2D eigenvalue weighted by Gasteiger charge is -2.35. The Hall–Kier alpha value is -1.29. The second-order valence-electron chi connectivity index (χ2n) is 5.31. The first-order chi connectivity index (χ1) is 10.4. The van der Waals surface area contributed by atoms with Crippen LogP contribution >= 0.6 is 11.3 Å². The third-order valence-electron chi connectivity index (χ3n) is 3.83. The summed E-state index contributed by atoms with van der Waals surface area (Å²) in [5, 5.41) is 5.99. The maximum atomic E-state index is 11.5. The molecule has 0 N–H and O–H groups in total. The van der Waals surface area contributed by atoms with Gasteiger partial charge in [0.15, 0.2) is 0 Å². The molecule has 1 fully saturated rings. The Morgan fingerprint density at radius 2 is 2.05 bits per heavy atom. The zero-order valence-electron chi connectivity index (χ0n) is 12.5. The van der Waals surface area contributed by atoms with Crippen LogP contribution in [0.1, 0.15) is 18.9 Å². The summed E-state index contributed by atoms with van der Waals surface area (Å²) >= 11 is 1.57. The Labute approximate surface area is 133 Å². The van der Waals surface area contributed by atoms with E-state index in [2.05, 4.69) is 15.0 Å². The number of sulfonamides is 1. The molecule has 0 spiro atoms. The fourth-order valence-corrected chi connectivity index (χ4v) is 3.97. The highest BCUT2D eigenvalue weighted by atomic mass is 32.2. The van der Waals surface area contributed by atoms with Crippen LogP contribution < -0.4 is 0 Å². The highest BCUT2D eigenvalue weighted by Crippen LogP contribution is 2.26. The van der Waals surface area contributed by atoms with Crippen molar-refractivity contribution >= 4 is 21.4 Å². The topological polar surface area (TPSA) is 79.5 Å². The van der Waals surface area contributed by atoms with E-state index in [4.69, 9.17) is 4.52 Å². The van der Waals surface area contributed by atoms with Crippen LogP contribution in [0.15, 0.2) is 22.0 Å². The molecule has 0 saturated carbocycles. The standard InChI is InChI=1S/C13H18N4O3S2/c1-10(16-5-7-17(8-6-16)22(2,18)19)13-14-12(15-20-13)11-4-3-9-21-11/h3-4,9-10H,5-8H2,1-2H3. The number of hydrogen-bond acceptors (Lipinski definition) is 7. The van der Waals surface area contributed by atoms with E-state index in [1.54, 1.807) is 11.3 Å². The largest absolute Gasteiger partial charge is 0.337 e. The van der Waals surface area contributed by atoms with Gasteiger partial charge in [-0.25, -0.2) is 8.42 Å². The summed E-state index contributed by atoms with van der Waals surface area (Å²) in [4.78, 5) is 7.59. The van der Waals surface area contributed by atoms with Crippen molar-refractivity contribution in [2.24, 2.45) is 0 Å². The summed E-state index contributed by atoms with van der Waals surface area (Å²) in [6, 6.07) is 3.88. The van der Waals surface area contributed by atoms with Crippen LogP contribution in [0.25, 0.3) is 10.7 Å². The van der Waals surface area contributed by atoms with Crippen molar-refractivity contribution in [2.45, 2.75) is 13.0 Å². The van der Waals surface area contributed by atoms with E-state index in [1.165, 1.54) is 10.6 Å². The highest BCUT2D eigenvalue weighted by Gasteiger charge is 2.29. The zero-order chi connectivity index (χ0) is 15.7. The summed E-state index contributed by atoms with van der Waals surface area (Å²) < 4.78 is 29.9. The lowest BCUT2D eigenvalue weighted by molar-refractivity contribution is 0.124. The van der Waals surface area contributed by atoms with Crippen LogP contribution in [-0.4, -0.2) is 60.2 Å². The second-order valence-corrected chi connectivity index (χ2v) is 8.24. The minimum atomic E-state index is -3.11. The lowest BCUT2D eigenvalue weighted by Crippen LogP contribution is -2.48. The van der Waals surface area contributed by atoms with E-state index >= 15 is 0 Å². The molecule has 9 heteroatoms. The van der Waals surface area contributed by atoms with Gasteiger partial charge >= 0.3 is 0 Å². The van der Waals surface area contributed by atoms with Gasteiger partial charge in [-0.3, -0.25) is 4.90 Å². The van der Waals surface area contributed by atoms with Gasteiger partial charge in [-0.15, -0.1) is 11.3 Å². The smallest absolute Gasteiger partial charge is 0.244 e. The van der Waals surface area contributed by atoms with Crippen molar-refractivity contribution in [2.75, 3.05) is 32.4 Å². The molecule has 7 nitrogen and oxygen atoms in total. The fraction of sp³-hybridized carbons (Fsp3) is 0.538. The predicted molar refractivity (Wildman–Crippen MR) is 84.0 cm³/mol. The van der Waals surface area contributed by atoms with Crippen LogP contribution in [-0.2, 0) is 10.0 Å². The van der Waals surface area contributed by atoms with Crippen molar-refractivity contribution in [3.05, 3.63) is 23.4 Å². The predicted octanol–water partition coefficient (Wildman–Crippen LogP) is 1.44. The van der Waals surface area contributed by atoms with Crippen molar-refractivity contribution < 1.29 is 12.9 Å². The van der Waals surface area contributed by atoms with E-state index in [0.29, 0.717) is 37.9 Å². The van der Waals surface area contributed by atoms with Crippen LogP contribution in [0.5, 0.6) is 0 Å². The molecule has 0 radical (unpaired) electrons. The van der Waals surface area contributed by atoms with Gasteiger partial charge in [-0.05, 0) is 18.4 Å². The van der Waals surface area contributed by atoms with Crippen LogP contribution in [0, 0.1) is 0 Å². The van der Waals surface area contributed by atoms with Gasteiger partial charge in [0.2, 0.25) is 21.7 Å². The van der Waals surface area contributed by atoms with Crippen molar-refractivity contribution in [3.8, 4) is 10.7 Å². The number of nitrogens with zero attached hydrogens (tertiary/aromatic N) is 4. The molecule has 1 atom stereocenters. The Morgan fingerprint density at radius 3 is 2.64 bits per heavy atom. The molecule has 0 aromatic carbocycles. The third-order valence-corrected chi connectivity index (χ3v) is 6.00. The minimum absolute atomic E-state index is 0.0251. The average Bonchev–Trinajstić information content (AvgIpc) is 3.16. The molecule has 22 heavy (non-hydrogen) atoms. The Bertz CT molecular complexity index is 718. The first-order valence-electron chi connectivity index (χ1n) is 7.02. The Morgan fingerprint density at radius 1 is 1.32 bits per heavy atom. The first kappa shape index (κ1) is 15.6. The van der Waals surface area contributed by atoms with Gasteiger partial charge in [-0.2, -0.15) is 9.29 Å². The summed E-state index contributed by atoms with van der Waals surface area (Å²) in [6.07, 6.45) is 1.25. The maximum absolute atomic E-state index is 11.5. The summed E-state index contributed by atoms with van der Waals surface area (Å²) in [6.45, 7) is 4.31. The normalized spacial score (nSPS) is 19.4. The number of hydrogen-bond donors (Lipinski definition) is 0. The van der Waals surface area contributed by atoms with E-state index in [1.807, 2.05) is 24.4 Å². The molecule has 0 aliphatic carbocycles. The van der Waals surface area contributed by atoms with Gasteiger partial charge in [-0.1, -0.05) is 11.2 Å². The van der Waals surface area contributed by atoms with E-state index in [9.17, 15) is 8.42 Å². The summed E-state index contributed by atoms with van der Waals surface area (Å²) in [7, 11) is -3.11. The summed E-state index contributed by atoms with van der Waals surface area (Å²) in [5.74, 6) is 1.17. The van der Waals surface area contributed by atoms with Crippen LogP contribution in [0.2, 0.25) is 0 Å². The molecular formula is C13H18N4O3S2. The molecule has 1 saturated heterocycles. The molecule has 0 bridgehead atoms. The van der Waals surface area contributed by atoms with Crippen molar-refractivity contribution in [3.63, 3.8) is 0 Å². The average molecular weight is 342 g/mol. The van der Waals surface area contributed by atoms with Gasteiger partial charge in [0.05, 0.1) is 17.2 Å². The van der Waals surface area contributed by atoms with Crippen molar-refractivity contribution in [1.82, 2.24) is 19.3 Å². The van der Waals surface area contributed by atoms with Gasteiger partial charge in [0, 0.05) is 26.2 Å². The Balaban J connectivity index is 1.67. The van der Waals surface area contributed by atoms with Gasteiger partial charge in [0.25, 0.3) is 0 Å². The minimum Gasteiger partial charge on any atom is -0.337 e. The van der Waals surface area contributed by atoms with Crippen molar-refractivity contribution in [1.29, 1.82) is 0 Å². The number of aromatic nitrogens is 2. The van der Waals surface area contributed by atoms with Crippen LogP contribution in [0.3, 0.4) is 0 Å². The summed E-state index contributed by atoms with van der Waals surface area (Å²) in [5.41, 5.74) is 0. The quantitative estimate of drug-likeness (QED) is 0.836. The number of piperazine rings is 1. The SMILES string of the molecule is CC(c1nc(-c2cccs2)no1)N1CCN(S(C)(=O)=O)CC1. The zero-order valence-corrected chi connectivity index (χ0v) is 14.1. The van der Waals surface area contributed by atoms with Crippen LogP contribution in [0.4, 0.5) is 0 Å². The van der Waals surface area contributed by atoms with E-state index in [-0.39, 0.29) is 6.04 Å². The molecule has 120 valence electrons. The Kier molecular flexibility index (Phi) is 4.31. The molecule has 1 unspecified atom stereocenters. The second kappa shape index (κ2) is 6.07. The monoisotopic (exact) mass is 342 g/mol. The molecule has 1 aliphatic rings. The first-order valence-corrected chi connectivity index (χ1v) is 9.74. The number of rotatable bonds is 4. The van der Waals surface area contributed by atoms with E-state index < -0.39 is 10.0 Å². The molecule has 3 heterocycles. The highest BCUT2D eigenvalue weighted by molar-refractivity contribution is 7.88.